The highest BCUT2D eigenvalue weighted by molar-refractivity contribution is 4.81. The van der Waals surface area contributed by atoms with Gasteiger partial charge >= 0.3 is 0 Å². The Bertz CT molecular complexity index is 138. The number of rotatable bonds is 3. The number of allylic oxidation sites excluding steroid dienone is 1. The van der Waals surface area contributed by atoms with Crippen LogP contribution in [0.1, 0.15) is 20.8 Å². The molecule has 0 atom stereocenters. The van der Waals surface area contributed by atoms with E-state index in [0.717, 1.165) is 5.70 Å². The predicted molar refractivity (Wildman–Crippen MR) is 42.6 cm³/mol. The zero-order valence-corrected chi connectivity index (χ0v) is 7.13. The molecule has 0 rings (SSSR count). The summed E-state index contributed by atoms with van der Waals surface area (Å²) in [6.45, 7) is 9.52. The fraction of sp³-hybridized carbons (Fsp3) is 0.714. The molecule has 10 heavy (non-hydrogen) atoms. The zero-order valence-electron chi connectivity index (χ0n) is 7.13. The molecule has 0 radical (unpaired) electrons. The summed E-state index contributed by atoms with van der Waals surface area (Å²) >= 11 is 0. The molecule has 0 aliphatic rings. The molecular formula is C7H15N3. The van der Waals surface area contributed by atoms with Crippen molar-refractivity contribution in [3.63, 3.8) is 0 Å². The average Bonchev–Trinajstić information content (AvgIpc) is 1.82. The topological polar surface area (TPSA) is 28.0 Å². The quantitative estimate of drug-likeness (QED) is 0.437. The molecule has 0 aliphatic heterocycles. The summed E-state index contributed by atoms with van der Waals surface area (Å²) in [6, 6.07) is 0.392. The van der Waals surface area contributed by atoms with E-state index in [2.05, 4.69) is 30.8 Å². The molecule has 3 heteroatoms. The van der Waals surface area contributed by atoms with Crippen LogP contribution in [0, 0.1) is 0 Å². The Morgan fingerprint density at radius 3 is 2.30 bits per heavy atom. The molecule has 0 amide bonds. The smallest absolute Gasteiger partial charge is 0.0545 e. The van der Waals surface area contributed by atoms with Crippen LogP contribution in [-0.2, 0) is 0 Å². The van der Waals surface area contributed by atoms with Crippen molar-refractivity contribution in [3.05, 3.63) is 12.3 Å². The fourth-order valence-electron chi connectivity index (χ4n) is 0.250. The molecule has 0 saturated carbocycles. The maximum atomic E-state index is 3.88. The van der Waals surface area contributed by atoms with Crippen LogP contribution in [0.3, 0.4) is 0 Å². The minimum absolute atomic E-state index is 0.392. The van der Waals surface area contributed by atoms with Crippen molar-refractivity contribution in [3.8, 4) is 0 Å². The first-order valence-corrected chi connectivity index (χ1v) is 3.34. The monoisotopic (exact) mass is 141 g/mol. The van der Waals surface area contributed by atoms with E-state index in [4.69, 9.17) is 0 Å². The van der Waals surface area contributed by atoms with E-state index < -0.39 is 0 Å². The number of hydrogen-bond donors (Lipinski definition) is 0. The second kappa shape index (κ2) is 4.04. The first kappa shape index (κ1) is 9.14. The fourth-order valence-corrected chi connectivity index (χ4v) is 0.250. The molecule has 0 N–H and O–H groups in total. The van der Waals surface area contributed by atoms with E-state index >= 15 is 0 Å². The summed E-state index contributed by atoms with van der Waals surface area (Å²) < 4.78 is 0. The summed E-state index contributed by atoms with van der Waals surface area (Å²) in [5.74, 6) is 0. The summed E-state index contributed by atoms with van der Waals surface area (Å²) in [5, 5.41) is 9.47. The third-order valence-corrected chi connectivity index (χ3v) is 1.10. The maximum absolute atomic E-state index is 3.88. The maximum Gasteiger partial charge on any atom is 0.0545 e. The summed E-state index contributed by atoms with van der Waals surface area (Å²) in [6.07, 6.45) is 0. The van der Waals surface area contributed by atoms with E-state index in [0.29, 0.717) is 6.04 Å². The lowest BCUT2D eigenvalue weighted by atomic mass is 10.4. The third kappa shape index (κ3) is 4.06. The van der Waals surface area contributed by atoms with Crippen molar-refractivity contribution in [2.45, 2.75) is 26.8 Å². The van der Waals surface area contributed by atoms with Gasteiger partial charge in [0, 0.05) is 13.1 Å². The van der Waals surface area contributed by atoms with Gasteiger partial charge in [-0.3, -0.25) is 5.01 Å². The lowest BCUT2D eigenvalue weighted by Crippen LogP contribution is -2.19. The molecule has 0 aliphatic carbocycles. The third-order valence-electron chi connectivity index (χ3n) is 1.10. The largest absolute Gasteiger partial charge is 0.279 e. The molecule has 0 aromatic rings. The Hall–Kier alpha value is -0.860. The van der Waals surface area contributed by atoms with Gasteiger partial charge in [-0.05, 0) is 20.8 Å². The summed E-state index contributed by atoms with van der Waals surface area (Å²) in [4.78, 5) is 0. The normalized spacial score (nSPS) is 10.9. The minimum Gasteiger partial charge on any atom is -0.279 e. The lowest BCUT2D eigenvalue weighted by Gasteiger charge is -2.14. The molecule has 0 aromatic carbocycles. The van der Waals surface area contributed by atoms with Crippen LogP contribution in [0.15, 0.2) is 22.6 Å². The van der Waals surface area contributed by atoms with Crippen molar-refractivity contribution in [2.24, 2.45) is 10.3 Å². The number of hydrogen-bond acceptors (Lipinski definition) is 2. The Labute approximate surface area is 62.4 Å². The van der Waals surface area contributed by atoms with Gasteiger partial charge in [0.05, 0.1) is 5.70 Å². The van der Waals surface area contributed by atoms with Crippen LogP contribution in [0.4, 0.5) is 0 Å². The van der Waals surface area contributed by atoms with Gasteiger partial charge in [0.15, 0.2) is 0 Å². The van der Waals surface area contributed by atoms with Crippen LogP contribution in [0.2, 0.25) is 0 Å². The SMILES string of the molecule is C=C(C)/N=N\N(C)C(C)C. The van der Waals surface area contributed by atoms with E-state index in [1.165, 1.54) is 0 Å². The molecule has 0 fully saturated rings. The van der Waals surface area contributed by atoms with E-state index in [-0.39, 0.29) is 0 Å². The van der Waals surface area contributed by atoms with Crippen LogP contribution in [0.25, 0.3) is 0 Å². The highest BCUT2D eigenvalue weighted by atomic mass is 15.5. The molecule has 0 heterocycles. The van der Waals surface area contributed by atoms with Gasteiger partial charge in [-0.2, -0.15) is 0 Å². The van der Waals surface area contributed by atoms with E-state index in [9.17, 15) is 0 Å². The Balaban J connectivity index is 3.77. The van der Waals surface area contributed by atoms with E-state index in [1.54, 1.807) is 5.01 Å². The zero-order chi connectivity index (χ0) is 8.15. The first-order chi connectivity index (χ1) is 4.54. The average molecular weight is 141 g/mol. The van der Waals surface area contributed by atoms with Crippen molar-refractivity contribution < 1.29 is 0 Å². The van der Waals surface area contributed by atoms with Crippen LogP contribution in [-0.4, -0.2) is 18.1 Å². The van der Waals surface area contributed by atoms with Gasteiger partial charge in [0.2, 0.25) is 0 Å². The van der Waals surface area contributed by atoms with E-state index in [1.807, 2.05) is 14.0 Å². The molecule has 0 spiro atoms. The summed E-state index contributed by atoms with van der Waals surface area (Å²) in [5.41, 5.74) is 0.729. The van der Waals surface area contributed by atoms with Crippen molar-refractivity contribution in [2.75, 3.05) is 7.05 Å². The van der Waals surface area contributed by atoms with Gasteiger partial charge in [-0.15, -0.1) is 5.11 Å². The second-order valence-electron chi connectivity index (χ2n) is 2.59. The van der Waals surface area contributed by atoms with Gasteiger partial charge in [-0.25, -0.2) is 0 Å². The molecule has 3 nitrogen and oxygen atoms in total. The van der Waals surface area contributed by atoms with Gasteiger partial charge in [0.25, 0.3) is 0 Å². The molecule has 0 aromatic heterocycles. The molecule has 0 bridgehead atoms. The minimum atomic E-state index is 0.392. The van der Waals surface area contributed by atoms with Crippen molar-refractivity contribution in [1.82, 2.24) is 5.01 Å². The highest BCUT2D eigenvalue weighted by Gasteiger charge is 1.96. The highest BCUT2D eigenvalue weighted by Crippen LogP contribution is 1.97. The first-order valence-electron chi connectivity index (χ1n) is 3.34. The van der Waals surface area contributed by atoms with Crippen molar-refractivity contribution >= 4 is 0 Å². The Kier molecular flexibility index (Phi) is 3.69. The number of nitrogens with zero attached hydrogens (tertiary/aromatic N) is 3. The van der Waals surface area contributed by atoms with Crippen LogP contribution < -0.4 is 0 Å². The van der Waals surface area contributed by atoms with Gasteiger partial charge < -0.3 is 0 Å². The lowest BCUT2D eigenvalue weighted by molar-refractivity contribution is 0.268. The molecule has 58 valence electrons. The molecular weight excluding hydrogens is 126 g/mol. The standard InChI is InChI=1S/C7H15N3/c1-6(2)8-9-10(5)7(3)4/h7H,1H2,2-5H3/b9-8-. The van der Waals surface area contributed by atoms with Gasteiger partial charge in [-0.1, -0.05) is 11.8 Å². The molecule has 0 saturated heterocycles. The Morgan fingerprint density at radius 2 is 2.00 bits per heavy atom. The van der Waals surface area contributed by atoms with Crippen LogP contribution in [0.5, 0.6) is 0 Å². The second-order valence-corrected chi connectivity index (χ2v) is 2.59. The molecule has 0 unspecified atom stereocenters. The summed E-state index contributed by atoms with van der Waals surface area (Å²) in [7, 11) is 1.89. The van der Waals surface area contributed by atoms with Crippen molar-refractivity contribution in [1.29, 1.82) is 0 Å². The Morgan fingerprint density at radius 1 is 1.50 bits per heavy atom. The van der Waals surface area contributed by atoms with Gasteiger partial charge in [0.1, 0.15) is 0 Å². The van der Waals surface area contributed by atoms with Crippen LogP contribution >= 0.6 is 0 Å². The predicted octanol–water partition coefficient (Wildman–Crippen LogP) is 2.23.